The van der Waals surface area contributed by atoms with Gasteiger partial charge in [0.2, 0.25) is 16.0 Å². The smallest absolute Gasteiger partial charge is 0.267 e. The first-order valence-corrected chi connectivity index (χ1v) is 10.1. The molecule has 0 saturated carbocycles. The van der Waals surface area contributed by atoms with Gasteiger partial charge in [-0.15, -0.1) is 0 Å². The molecule has 2 aromatic carbocycles. The van der Waals surface area contributed by atoms with Crippen molar-refractivity contribution in [1.82, 2.24) is 13.9 Å². The summed E-state index contributed by atoms with van der Waals surface area (Å²) in [5, 5.41) is 0.437. The number of para-hydroxylation sites is 1. The van der Waals surface area contributed by atoms with Gasteiger partial charge in [0.15, 0.2) is 0 Å². The lowest BCUT2D eigenvalue weighted by Crippen LogP contribution is -2.40. The van der Waals surface area contributed by atoms with Gasteiger partial charge < -0.3 is 4.74 Å². The fourth-order valence-electron chi connectivity index (χ4n) is 3.17. The molecule has 0 spiro atoms. The zero-order valence-electron chi connectivity index (χ0n) is 14.9. The van der Waals surface area contributed by atoms with E-state index in [1.54, 1.807) is 36.4 Å². The summed E-state index contributed by atoms with van der Waals surface area (Å²) in [6, 6.07) is 13.0. The zero-order chi connectivity index (χ0) is 19.7. The summed E-state index contributed by atoms with van der Waals surface area (Å²) in [7, 11) is -3.61. The third-order valence-electron chi connectivity index (χ3n) is 4.61. The van der Waals surface area contributed by atoms with E-state index in [4.69, 9.17) is 10.6 Å². The summed E-state index contributed by atoms with van der Waals surface area (Å²) < 4.78 is 33.4. The fraction of sp³-hybridized carbons (Fsp3) is 0.222. The number of rotatable bonds is 4. The number of morpholine rings is 1. The maximum Gasteiger partial charge on any atom is 0.267 e. The summed E-state index contributed by atoms with van der Waals surface area (Å²) in [6.07, 6.45) is 0. The number of anilines is 1. The van der Waals surface area contributed by atoms with Crippen LogP contribution in [0.5, 0.6) is 0 Å². The molecule has 1 aliphatic rings. The molecule has 1 aliphatic heterocycles. The van der Waals surface area contributed by atoms with Gasteiger partial charge in [-0.05, 0) is 36.4 Å². The highest BCUT2D eigenvalue weighted by molar-refractivity contribution is 7.89. The number of hydrogen-bond acceptors (Lipinski definition) is 7. The summed E-state index contributed by atoms with van der Waals surface area (Å²) in [5.41, 5.74) is 3.10. The summed E-state index contributed by atoms with van der Waals surface area (Å²) in [5.74, 6) is 5.72. The van der Waals surface area contributed by atoms with E-state index < -0.39 is 10.0 Å². The Balaban J connectivity index is 1.77. The first-order chi connectivity index (χ1) is 13.5. The highest BCUT2D eigenvalue weighted by atomic mass is 32.2. The normalized spacial score (nSPS) is 15.6. The van der Waals surface area contributed by atoms with E-state index in [-0.39, 0.29) is 16.4 Å². The van der Waals surface area contributed by atoms with Crippen molar-refractivity contribution < 1.29 is 13.2 Å². The maximum atomic E-state index is 12.9. The number of fused-ring (bicyclic) bond motifs is 1. The van der Waals surface area contributed by atoms with E-state index in [0.29, 0.717) is 42.9 Å². The molecule has 2 heterocycles. The quantitative estimate of drug-likeness (QED) is 0.488. The van der Waals surface area contributed by atoms with Gasteiger partial charge in [-0.2, -0.15) is 4.31 Å². The minimum absolute atomic E-state index is 0.155. The predicted molar refractivity (Wildman–Crippen MR) is 105 cm³/mol. The second kappa shape index (κ2) is 7.32. The van der Waals surface area contributed by atoms with E-state index >= 15 is 0 Å². The molecule has 1 fully saturated rings. The molecule has 0 bridgehead atoms. The van der Waals surface area contributed by atoms with Crippen LogP contribution in [-0.4, -0.2) is 48.6 Å². The Morgan fingerprint density at radius 1 is 1.04 bits per heavy atom. The lowest BCUT2D eigenvalue weighted by atomic mass is 10.2. The summed E-state index contributed by atoms with van der Waals surface area (Å²) in [4.78, 5) is 17.4. The third kappa shape index (κ3) is 3.16. The summed E-state index contributed by atoms with van der Waals surface area (Å²) in [6.45, 7) is 1.39. The molecule has 0 aliphatic carbocycles. The van der Waals surface area contributed by atoms with E-state index in [0.717, 1.165) is 0 Å². The molecule has 1 saturated heterocycles. The number of sulfonamides is 1. The van der Waals surface area contributed by atoms with Gasteiger partial charge in [-0.3, -0.25) is 10.2 Å². The minimum atomic E-state index is -3.61. The van der Waals surface area contributed by atoms with E-state index in [1.807, 2.05) is 0 Å². The maximum absolute atomic E-state index is 12.9. The number of benzene rings is 2. The van der Waals surface area contributed by atoms with Crippen LogP contribution in [0, 0.1) is 0 Å². The first-order valence-electron chi connectivity index (χ1n) is 8.69. The number of nitrogens with two attached hydrogens (primary N) is 1. The lowest BCUT2D eigenvalue weighted by Gasteiger charge is -2.26. The molecule has 1 aromatic heterocycles. The number of nitrogens with zero attached hydrogens (tertiary/aromatic N) is 3. The standard InChI is InChI=1S/C18H19N5O4S/c19-21-18-20-16-4-2-1-3-15(16)17(24)23(18)13-5-7-14(8-6-13)28(25,26)22-9-11-27-12-10-22/h1-8H,9-12,19H2,(H,20,21). The van der Waals surface area contributed by atoms with Crippen LogP contribution in [0.4, 0.5) is 5.95 Å². The van der Waals surface area contributed by atoms with Crippen LogP contribution in [0.25, 0.3) is 16.6 Å². The second-order valence-electron chi connectivity index (χ2n) is 6.25. The lowest BCUT2D eigenvalue weighted by molar-refractivity contribution is 0.0730. The van der Waals surface area contributed by atoms with Crippen LogP contribution >= 0.6 is 0 Å². The van der Waals surface area contributed by atoms with Crippen molar-refractivity contribution in [3.8, 4) is 5.69 Å². The van der Waals surface area contributed by atoms with Crippen molar-refractivity contribution >= 4 is 26.9 Å². The average molecular weight is 401 g/mol. The van der Waals surface area contributed by atoms with E-state index in [1.165, 1.54) is 21.0 Å². The topological polar surface area (TPSA) is 120 Å². The van der Waals surface area contributed by atoms with Gasteiger partial charge in [-0.25, -0.2) is 23.8 Å². The fourth-order valence-corrected chi connectivity index (χ4v) is 4.58. The van der Waals surface area contributed by atoms with Crippen LogP contribution < -0.4 is 16.8 Å². The molecule has 28 heavy (non-hydrogen) atoms. The minimum Gasteiger partial charge on any atom is -0.379 e. The number of aromatic nitrogens is 2. The molecule has 0 amide bonds. The Labute approximate surface area is 161 Å². The average Bonchev–Trinajstić information content (AvgIpc) is 2.74. The number of hydrazine groups is 1. The van der Waals surface area contributed by atoms with Crippen LogP contribution in [0.3, 0.4) is 0 Å². The molecular formula is C18H19N5O4S. The predicted octanol–water partition coefficient (Wildman–Crippen LogP) is 0.692. The number of ether oxygens (including phenoxy) is 1. The van der Waals surface area contributed by atoms with Crippen molar-refractivity contribution in [3.63, 3.8) is 0 Å². The Kier molecular flexibility index (Phi) is 4.85. The molecule has 0 radical (unpaired) electrons. The highest BCUT2D eigenvalue weighted by Gasteiger charge is 2.26. The van der Waals surface area contributed by atoms with Crippen molar-refractivity contribution in [3.05, 3.63) is 58.9 Å². The molecule has 146 valence electrons. The van der Waals surface area contributed by atoms with Crippen molar-refractivity contribution in [2.24, 2.45) is 5.84 Å². The van der Waals surface area contributed by atoms with Crippen LogP contribution in [0.1, 0.15) is 0 Å². The number of nitrogens with one attached hydrogen (secondary N) is 1. The van der Waals surface area contributed by atoms with Gasteiger partial charge in [0, 0.05) is 13.1 Å². The zero-order valence-corrected chi connectivity index (χ0v) is 15.7. The van der Waals surface area contributed by atoms with E-state index in [2.05, 4.69) is 10.4 Å². The highest BCUT2D eigenvalue weighted by Crippen LogP contribution is 2.21. The molecule has 9 nitrogen and oxygen atoms in total. The summed E-state index contributed by atoms with van der Waals surface area (Å²) >= 11 is 0. The number of hydrogen-bond donors (Lipinski definition) is 2. The van der Waals surface area contributed by atoms with Gasteiger partial charge in [0.25, 0.3) is 5.56 Å². The number of nitrogen functional groups attached to an aromatic ring is 1. The van der Waals surface area contributed by atoms with Crippen LogP contribution in [0.15, 0.2) is 58.2 Å². The Bertz CT molecular complexity index is 1170. The molecule has 10 heteroatoms. The third-order valence-corrected chi connectivity index (χ3v) is 6.52. The van der Waals surface area contributed by atoms with Crippen molar-refractivity contribution in [2.75, 3.05) is 31.7 Å². The molecule has 4 rings (SSSR count). The SMILES string of the molecule is NNc1nc2ccccc2c(=O)n1-c1ccc(S(=O)(=O)N2CCOCC2)cc1. The van der Waals surface area contributed by atoms with E-state index in [9.17, 15) is 13.2 Å². The second-order valence-corrected chi connectivity index (χ2v) is 8.19. The largest absolute Gasteiger partial charge is 0.379 e. The Morgan fingerprint density at radius 2 is 1.71 bits per heavy atom. The van der Waals surface area contributed by atoms with Crippen LogP contribution in [-0.2, 0) is 14.8 Å². The van der Waals surface area contributed by atoms with Gasteiger partial charge in [-0.1, -0.05) is 12.1 Å². The van der Waals surface area contributed by atoms with Gasteiger partial charge >= 0.3 is 0 Å². The van der Waals surface area contributed by atoms with Crippen LogP contribution in [0.2, 0.25) is 0 Å². The van der Waals surface area contributed by atoms with Gasteiger partial charge in [0.1, 0.15) is 0 Å². The molecule has 3 N–H and O–H groups in total. The molecular weight excluding hydrogens is 382 g/mol. The molecule has 0 unspecified atom stereocenters. The first kappa shape index (κ1) is 18.6. The molecule has 3 aromatic rings. The van der Waals surface area contributed by atoms with Crippen molar-refractivity contribution in [1.29, 1.82) is 0 Å². The monoisotopic (exact) mass is 401 g/mol. The Morgan fingerprint density at radius 3 is 2.39 bits per heavy atom. The van der Waals surface area contributed by atoms with Crippen molar-refractivity contribution in [2.45, 2.75) is 4.90 Å². The van der Waals surface area contributed by atoms with Gasteiger partial charge in [0.05, 0.1) is 34.7 Å². The molecule has 0 atom stereocenters. The Hall–Kier alpha value is -2.79.